The third-order valence-electron chi connectivity index (χ3n) is 4.26. The molecule has 28 heavy (non-hydrogen) atoms. The van der Waals surface area contributed by atoms with Crippen LogP contribution >= 0.6 is 0 Å². The van der Waals surface area contributed by atoms with E-state index in [0.29, 0.717) is 6.42 Å². The number of amides is 2. The normalized spacial score (nSPS) is 19.1. The van der Waals surface area contributed by atoms with Gasteiger partial charge in [-0.2, -0.15) is 0 Å². The van der Waals surface area contributed by atoms with Gasteiger partial charge in [-0.25, -0.2) is 17.6 Å². The summed E-state index contributed by atoms with van der Waals surface area (Å²) in [5, 5.41) is 5.02. The molecule has 10 heteroatoms. The van der Waals surface area contributed by atoms with E-state index in [0.717, 1.165) is 12.1 Å². The van der Waals surface area contributed by atoms with E-state index in [2.05, 4.69) is 10.6 Å². The third kappa shape index (κ3) is 6.29. The van der Waals surface area contributed by atoms with E-state index in [4.69, 9.17) is 4.74 Å². The fourth-order valence-electron chi connectivity index (χ4n) is 2.73. The Labute approximate surface area is 162 Å². The van der Waals surface area contributed by atoms with E-state index >= 15 is 0 Å². The van der Waals surface area contributed by atoms with Crippen LogP contribution in [0.25, 0.3) is 0 Å². The molecule has 2 atom stereocenters. The maximum atomic E-state index is 13.0. The molecular weight excluding hydrogens is 391 g/mol. The average Bonchev–Trinajstić information content (AvgIpc) is 2.96. The zero-order chi connectivity index (χ0) is 20.9. The van der Waals surface area contributed by atoms with Crippen LogP contribution in [0.4, 0.5) is 4.39 Å². The third-order valence-corrected chi connectivity index (χ3v) is 6.02. The molecule has 2 rings (SSSR count). The summed E-state index contributed by atoms with van der Waals surface area (Å²) in [5.41, 5.74) is 0.181. The Morgan fingerprint density at radius 3 is 2.39 bits per heavy atom. The SMILES string of the molecule is CC(C)[C@@H](NC(=O)c1ccc(F)cc1)C(=O)OCC(=O)N[C@@H]1CCS(=O)(=O)C1. The minimum Gasteiger partial charge on any atom is -0.454 e. The summed E-state index contributed by atoms with van der Waals surface area (Å²) in [7, 11) is -3.13. The van der Waals surface area contributed by atoms with Crippen molar-refractivity contribution in [3.8, 4) is 0 Å². The van der Waals surface area contributed by atoms with Gasteiger partial charge in [0.1, 0.15) is 11.9 Å². The van der Waals surface area contributed by atoms with Crippen LogP contribution in [-0.2, 0) is 24.2 Å². The van der Waals surface area contributed by atoms with Gasteiger partial charge >= 0.3 is 5.97 Å². The van der Waals surface area contributed by atoms with E-state index in [9.17, 15) is 27.2 Å². The van der Waals surface area contributed by atoms with Crippen LogP contribution in [0, 0.1) is 11.7 Å². The second-order valence-corrected chi connectivity index (χ2v) is 9.21. The minimum absolute atomic E-state index is 0.0164. The van der Waals surface area contributed by atoms with Gasteiger partial charge in [0, 0.05) is 11.6 Å². The first kappa shape index (κ1) is 21.8. The molecule has 8 nitrogen and oxygen atoms in total. The topological polar surface area (TPSA) is 119 Å². The quantitative estimate of drug-likeness (QED) is 0.625. The van der Waals surface area contributed by atoms with Crippen LogP contribution in [0.15, 0.2) is 24.3 Å². The summed E-state index contributed by atoms with van der Waals surface area (Å²) in [6.45, 7) is 2.81. The molecule has 1 heterocycles. The number of rotatable bonds is 7. The second-order valence-electron chi connectivity index (χ2n) is 6.98. The molecule has 154 valence electrons. The maximum absolute atomic E-state index is 13.0. The molecule has 0 aliphatic carbocycles. The Bertz CT molecular complexity index is 838. The lowest BCUT2D eigenvalue weighted by atomic mass is 10.0. The van der Waals surface area contributed by atoms with Gasteiger partial charge in [0.15, 0.2) is 16.4 Å². The summed E-state index contributed by atoms with van der Waals surface area (Å²) in [4.78, 5) is 36.4. The first-order valence-corrected chi connectivity index (χ1v) is 10.6. The van der Waals surface area contributed by atoms with Crippen molar-refractivity contribution >= 4 is 27.6 Å². The highest BCUT2D eigenvalue weighted by atomic mass is 32.2. The minimum atomic E-state index is -3.13. The molecule has 0 radical (unpaired) electrons. The molecule has 0 unspecified atom stereocenters. The summed E-state index contributed by atoms with van der Waals surface area (Å²) < 4.78 is 40.7. The number of hydrogen-bond donors (Lipinski definition) is 2. The molecule has 0 aromatic heterocycles. The number of carbonyl (C=O) groups is 3. The van der Waals surface area contributed by atoms with Crippen LogP contribution in [0.1, 0.15) is 30.6 Å². The zero-order valence-corrected chi connectivity index (χ0v) is 16.4. The van der Waals surface area contributed by atoms with Gasteiger partial charge in [-0.1, -0.05) is 13.8 Å². The highest BCUT2D eigenvalue weighted by molar-refractivity contribution is 7.91. The monoisotopic (exact) mass is 414 g/mol. The van der Waals surface area contributed by atoms with E-state index in [1.54, 1.807) is 13.8 Å². The zero-order valence-electron chi connectivity index (χ0n) is 15.6. The predicted molar refractivity (Wildman–Crippen MR) is 98.7 cm³/mol. The fraction of sp³-hybridized carbons (Fsp3) is 0.500. The lowest BCUT2D eigenvalue weighted by Gasteiger charge is -2.21. The van der Waals surface area contributed by atoms with Crippen LogP contribution in [0.3, 0.4) is 0 Å². The standard InChI is InChI=1S/C18H23FN2O6S/c1-11(2)16(21-17(23)12-3-5-13(19)6-4-12)18(24)27-9-15(22)20-14-7-8-28(25,26)10-14/h3-6,11,14,16H,7-10H2,1-2H3,(H,20,22)(H,21,23)/t14-,16-/m1/s1. The van der Waals surface area contributed by atoms with Crippen LogP contribution in [0.5, 0.6) is 0 Å². The van der Waals surface area contributed by atoms with Crippen molar-refractivity contribution in [1.82, 2.24) is 10.6 Å². The Hall–Kier alpha value is -2.49. The molecule has 0 spiro atoms. The van der Waals surface area contributed by atoms with Gasteiger partial charge in [-0.3, -0.25) is 9.59 Å². The molecule has 1 fully saturated rings. The molecule has 0 bridgehead atoms. The van der Waals surface area contributed by atoms with Crippen LogP contribution < -0.4 is 10.6 Å². The lowest BCUT2D eigenvalue weighted by molar-refractivity contribution is -0.151. The molecule has 1 saturated heterocycles. The number of esters is 1. The summed E-state index contributed by atoms with van der Waals surface area (Å²) in [6.07, 6.45) is 0.324. The van der Waals surface area contributed by atoms with E-state index in [-0.39, 0.29) is 23.0 Å². The van der Waals surface area contributed by atoms with Crippen molar-refractivity contribution in [2.24, 2.45) is 5.92 Å². The molecule has 0 saturated carbocycles. The van der Waals surface area contributed by atoms with Crippen molar-refractivity contribution < 1.29 is 31.9 Å². The first-order chi connectivity index (χ1) is 13.1. The number of hydrogen-bond acceptors (Lipinski definition) is 6. The van der Waals surface area contributed by atoms with Crippen molar-refractivity contribution in [3.63, 3.8) is 0 Å². The number of carbonyl (C=O) groups excluding carboxylic acids is 3. The smallest absolute Gasteiger partial charge is 0.329 e. The van der Waals surface area contributed by atoms with E-state index in [1.807, 2.05) is 0 Å². The molecule has 2 N–H and O–H groups in total. The Morgan fingerprint density at radius 1 is 1.21 bits per heavy atom. The Kier molecular flexibility index (Phi) is 7.11. The van der Waals surface area contributed by atoms with Crippen molar-refractivity contribution in [3.05, 3.63) is 35.6 Å². The summed E-state index contributed by atoms with van der Waals surface area (Å²) in [5.74, 6) is -2.89. The largest absolute Gasteiger partial charge is 0.454 e. The lowest BCUT2D eigenvalue weighted by Crippen LogP contribution is -2.46. The van der Waals surface area contributed by atoms with Gasteiger partial charge in [-0.15, -0.1) is 0 Å². The Balaban J connectivity index is 1.87. The number of ether oxygens (including phenoxy) is 1. The van der Waals surface area contributed by atoms with E-state index in [1.165, 1.54) is 12.1 Å². The fourth-order valence-corrected chi connectivity index (χ4v) is 4.40. The molecule has 1 aromatic carbocycles. The highest BCUT2D eigenvalue weighted by Crippen LogP contribution is 2.11. The molecular formula is C18H23FN2O6S. The van der Waals surface area contributed by atoms with Crippen molar-refractivity contribution in [2.75, 3.05) is 18.1 Å². The summed E-state index contributed by atoms with van der Waals surface area (Å²) in [6, 6.07) is 3.34. The maximum Gasteiger partial charge on any atom is 0.329 e. The average molecular weight is 414 g/mol. The second kappa shape index (κ2) is 9.13. The first-order valence-electron chi connectivity index (χ1n) is 8.80. The molecule has 1 aliphatic heterocycles. The number of benzene rings is 1. The van der Waals surface area contributed by atoms with Gasteiger partial charge in [0.25, 0.3) is 11.8 Å². The van der Waals surface area contributed by atoms with Gasteiger partial charge in [0.05, 0.1) is 11.5 Å². The molecule has 1 aliphatic rings. The number of nitrogens with one attached hydrogen (secondary N) is 2. The molecule has 1 aromatic rings. The summed E-state index contributed by atoms with van der Waals surface area (Å²) >= 11 is 0. The predicted octanol–water partition coefficient (Wildman–Crippen LogP) is 0.427. The van der Waals surface area contributed by atoms with E-state index < -0.39 is 52.1 Å². The molecule has 2 amide bonds. The van der Waals surface area contributed by atoms with Gasteiger partial charge < -0.3 is 15.4 Å². The van der Waals surface area contributed by atoms with Gasteiger partial charge in [-0.05, 0) is 36.6 Å². The van der Waals surface area contributed by atoms with Crippen LogP contribution in [-0.4, -0.2) is 56.4 Å². The van der Waals surface area contributed by atoms with Crippen LogP contribution in [0.2, 0.25) is 0 Å². The van der Waals surface area contributed by atoms with Crippen molar-refractivity contribution in [2.45, 2.75) is 32.4 Å². The number of sulfone groups is 1. The van der Waals surface area contributed by atoms with Gasteiger partial charge in [0.2, 0.25) is 0 Å². The highest BCUT2D eigenvalue weighted by Gasteiger charge is 2.30. The van der Waals surface area contributed by atoms with Crippen molar-refractivity contribution in [1.29, 1.82) is 0 Å². The number of halogens is 1. The Morgan fingerprint density at radius 2 is 1.86 bits per heavy atom.